The number of terminal acetylenes is 1. The molecule has 90 valence electrons. The van der Waals surface area contributed by atoms with Gasteiger partial charge in [-0.1, -0.05) is 5.92 Å². The molecule has 1 rings (SSSR count). The highest BCUT2D eigenvalue weighted by atomic mass is 16.5. The summed E-state index contributed by atoms with van der Waals surface area (Å²) in [6.07, 6.45) is 5.18. The van der Waals surface area contributed by atoms with Gasteiger partial charge in [-0.3, -0.25) is 4.79 Å². The van der Waals surface area contributed by atoms with Crippen LogP contribution < -0.4 is 10.1 Å². The third-order valence-electron chi connectivity index (χ3n) is 2.80. The van der Waals surface area contributed by atoms with Crippen LogP contribution in [-0.2, 0) is 0 Å². The van der Waals surface area contributed by atoms with Crippen molar-refractivity contribution in [3.8, 4) is 18.1 Å². The van der Waals surface area contributed by atoms with Crippen LogP contribution in [0.4, 0.5) is 0 Å². The van der Waals surface area contributed by atoms with Gasteiger partial charge in [0.05, 0.1) is 0 Å². The zero-order chi connectivity index (χ0) is 13.0. The summed E-state index contributed by atoms with van der Waals surface area (Å²) in [5.41, 5.74) is 3.47. The van der Waals surface area contributed by atoms with Crippen LogP contribution in [0.1, 0.15) is 27.0 Å². The van der Waals surface area contributed by atoms with E-state index in [4.69, 9.17) is 11.2 Å². The summed E-state index contributed by atoms with van der Waals surface area (Å²) >= 11 is 0. The first-order valence-electron chi connectivity index (χ1n) is 5.42. The predicted octanol–water partition coefficient (Wildman–Crippen LogP) is 1.98. The number of nitrogens with one attached hydrogen (secondary N) is 1. The molecule has 0 aliphatic carbocycles. The molecule has 0 saturated carbocycles. The molecule has 0 saturated heterocycles. The van der Waals surface area contributed by atoms with Gasteiger partial charge in [-0.25, -0.2) is 0 Å². The van der Waals surface area contributed by atoms with Gasteiger partial charge in [-0.05, 0) is 43.5 Å². The van der Waals surface area contributed by atoms with Crippen LogP contribution >= 0.6 is 0 Å². The molecule has 3 heteroatoms. The average molecular weight is 231 g/mol. The van der Waals surface area contributed by atoms with Crippen LogP contribution in [0.3, 0.4) is 0 Å². The fourth-order valence-corrected chi connectivity index (χ4v) is 1.76. The van der Waals surface area contributed by atoms with Crippen LogP contribution in [0, 0.1) is 33.1 Å². The summed E-state index contributed by atoms with van der Waals surface area (Å²) in [6, 6.07) is 1.83. The predicted molar refractivity (Wildman–Crippen MR) is 68.4 cm³/mol. The Labute approximate surface area is 102 Å². The van der Waals surface area contributed by atoms with E-state index in [0.29, 0.717) is 5.56 Å². The van der Waals surface area contributed by atoms with Crippen molar-refractivity contribution < 1.29 is 9.53 Å². The smallest absolute Gasteiger partial charge is 0.251 e. The van der Waals surface area contributed by atoms with Gasteiger partial charge in [-0.2, -0.15) is 0 Å². The van der Waals surface area contributed by atoms with Crippen molar-refractivity contribution in [3.63, 3.8) is 0 Å². The monoisotopic (exact) mass is 231 g/mol. The SMILES string of the molecule is C#CCOc1c(C)cc(C(=O)NC)c(C)c1C. The third kappa shape index (κ3) is 2.59. The average Bonchev–Trinajstić information content (AvgIpc) is 2.32. The fourth-order valence-electron chi connectivity index (χ4n) is 1.76. The lowest BCUT2D eigenvalue weighted by Gasteiger charge is -2.15. The molecule has 0 unspecified atom stereocenters. The first kappa shape index (κ1) is 13.1. The molecule has 0 aromatic heterocycles. The largest absolute Gasteiger partial charge is 0.480 e. The minimum atomic E-state index is -0.0859. The molecule has 0 heterocycles. The first-order valence-corrected chi connectivity index (χ1v) is 5.42. The molecule has 0 aliphatic rings. The van der Waals surface area contributed by atoms with Gasteiger partial charge in [0.1, 0.15) is 12.4 Å². The number of hydrogen-bond donors (Lipinski definition) is 1. The molecular formula is C14H17NO2. The zero-order valence-electron chi connectivity index (χ0n) is 10.7. The van der Waals surface area contributed by atoms with Crippen LogP contribution in [0.25, 0.3) is 0 Å². The van der Waals surface area contributed by atoms with Crippen molar-refractivity contribution in [3.05, 3.63) is 28.3 Å². The first-order chi connectivity index (χ1) is 8.02. The van der Waals surface area contributed by atoms with Crippen molar-refractivity contribution >= 4 is 5.91 Å². The van der Waals surface area contributed by atoms with Crippen molar-refractivity contribution in [2.24, 2.45) is 0 Å². The Morgan fingerprint density at radius 2 is 2.06 bits per heavy atom. The molecule has 1 aromatic rings. The van der Waals surface area contributed by atoms with Gasteiger partial charge in [0, 0.05) is 12.6 Å². The summed E-state index contributed by atoms with van der Waals surface area (Å²) in [5.74, 6) is 3.12. The Morgan fingerprint density at radius 1 is 1.41 bits per heavy atom. The molecule has 0 fully saturated rings. The molecule has 1 aromatic carbocycles. The van der Waals surface area contributed by atoms with E-state index in [1.165, 1.54) is 0 Å². The molecule has 3 nitrogen and oxygen atoms in total. The molecule has 0 radical (unpaired) electrons. The van der Waals surface area contributed by atoms with E-state index in [9.17, 15) is 4.79 Å². The third-order valence-corrected chi connectivity index (χ3v) is 2.80. The number of carbonyl (C=O) groups is 1. The molecule has 17 heavy (non-hydrogen) atoms. The minimum Gasteiger partial charge on any atom is -0.480 e. The fraction of sp³-hybridized carbons (Fsp3) is 0.357. The number of aryl methyl sites for hydroxylation is 1. The molecule has 0 bridgehead atoms. The van der Waals surface area contributed by atoms with E-state index in [-0.39, 0.29) is 12.5 Å². The van der Waals surface area contributed by atoms with Gasteiger partial charge < -0.3 is 10.1 Å². The quantitative estimate of drug-likeness (QED) is 0.808. The van der Waals surface area contributed by atoms with Crippen molar-refractivity contribution in [1.82, 2.24) is 5.32 Å². The minimum absolute atomic E-state index is 0.0859. The maximum absolute atomic E-state index is 11.7. The van der Waals surface area contributed by atoms with Crippen LogP contribution in [0.15, 0.2) is 6.07 Å². The lowest BCUT2D eigenvalue weighted by Crippen LogP contribution is -2.20. The summed E-state index contributed by atoms with van der Waals surface area (Å²) in [5, 5.41) is 2.63. The van der Waals surface area contributed by atoms with Gasteiger partial charge in [0.15, 0.2) is 0 Å². The molecule has 0 spiro atoms. The Hall–Kier alpha value is -1.95. The lowest BCUT2D eigenvalue weighted by molar-refractivity contribution is 0.0962. The molecule has 0 atom stereocenters. The number of rotatable bonds is 3. The summed E-state index contributed by atoms with van der Waals surface area (Å²) in [6.45, 7) is 5.98. The lowest BCUT2D eigenvalue weighted by atomic mass is 9.98. The topological polar surface area (TPSA) is 38.3 Å². The number of amides is 1. The van der Waals surface area contributed by atoms with E-state index in [1.54, 1.807) is 7.05 Å². The van der Waals surface area contributed by atoms with E-state index in [1.807, 2.05) is 26.8 Å². The second kappa shape index (κ2) is 5.40. The van der Waals surface area contributed by atoms with E-state index in [2.05, 4.69) is 11.2 Å². The summed E-state index contributed by atoms with van der Waals surface area (Å²) < 4.78 is 5.50. The highest BCUT2D eigenvalue weighted by Crippen LogP contribution is 2.28. The molecular weight excluding hydrogens is 214 g/mol. The second-order valence-electron chi connectivity index (χ2n) is 3.89. The molecule has 1 amide bonds. The number of benzene rings is 1. The molecule has 0 aliphatic heterocycles. The van der Waals surface area contributed by atoms with Crippen LogP contribution in [-0.4, -0.2) is 19.6 Å². The Kier molecular flexibility index (Phi) is 4.17. The van der Waals surface area contributed by atoms with Gasteiger partial charge in [0.25, 0.3) is 5.91 Å². The van der Waals surface area contributed by atoms with Crippen LogP contribution in [0.2, 0.25) is 0 Å². The number of hydrogen-bond acceptors (Lipinski definition) is 2. The van der Waals surface area contributed by atoms with Gasteiger partial charge in [0.2, 0.25) is 0 Å². The maximum Gasteiger partial charge on any atom is 0.251 e. The van der Waals surface area contributed by atoms with Gasteiger partial charge in [-0.15, -0.1) is 6.42 Å². The highest BCUT2D eigenvalue weighted by Gasteiger charge is 2.15. The van der Waals surface area contributed by atoms with Crippen LogP contribution in [0.5, 0.6) is 5.75 Å². The van der Waals surface area contributed by atoms with Crippen molar-refractivity contribution in [1.29, 1.82) is 0 Å². The number of carbonyl (C=O) groups excluding carboxylic acids is 1. The second-order valence-corrected chi connectivity index (χ2v) is 3.89. The number of ether oxygens (including phenoxy) is 1. The Bertz CT molecular complexity index is 484. The maximum atomic E-state index is 11.7. The highest BCUT2D eigenvalue weighted by molar-refractivity contribution is 5.96. The summed E-state index contributed by atoms with van der Waals surface area (Å²) in [4.78, 5) is 11.7. The van der Waals surface area contributed by atoms with Crippen molar-refractivity contribution in [2.75, 3.05) is 13.7 Å². The van der Waals surface area contributed by atoms with Gasteiger partial charge >= 0.3 is 0 Å². The normalized spacial score (nSPS) is 9.59. The zero-order valence-corrected chi connectivity index (χ0v) is 10.7. The van der Waals surface area contributed by atoms with Crippen molar-refractivity contribution in [2.45, 2.75) is 20.8 Å². The standard InChI is InChI=1S/C14H17NO2/c1-6-7-17-13-9(2)8-12(14(16)15-5)10(3)11(13)4/h1,8H,7H2,2-5H3,(H,15,16). The Morgan fingerprint density at radius 3 is 2.59 bits per heavy atom. The van der Waals surface area contributed by atoms with E-state index < -0.39 is 0 Å². The summed E-state index contributed by atoms with van der Waals surface area (Å²) in [7, 11) is 1.62. The van der Waals surface area contributed by atoms with E-state index >= 15 is 0 Å². The molecule has 1 N–H and O–H groups in total. The Balaban J connectivity index is 3.27. The van der Waals surface area contributed by atoms with E-state index in [0.717, 1.165) is 22.4 Å².